The number of nitrogens with zero attached hydrogens (tertiary/aromatic N) is 4. The van der Waals surface area contributed by atoms with Crippen LogP contribution < -0.4 is 11.0 Å². The Bertz CT molecular complexity index is 1310. The molecule has 2 aromatic carbocycles. The highest BCUT2D eigenvalue weighted by Gasteiger charge is 2.28. The maximum atomic E-state index is 12.7. The van der Waals surface area contributed by atoms with Gasteiger partial charge in [-0.25, -0.2) is 9.78 Å². The van der Waals surface area contributed by atoms with Crippen molar-refractivity contribution in [3.8, 4) is 0 Å². The Kier molecular flexibility index (Phi) is 4.04. The fourth-order valence-corrected chi connectivity index (χ4v) is 4.08. The average molecular weight is 389 g/mol. The van der Waals surface area contributed by atoms with Crippen LogP contribution in [-0.2, 0) is 24.9 Å². The van der Waals surface area contributed by atoms with E-state index in [1.807, 2.05) is 56.4 Å². The predicted molar refractivity (Wildman–Crippen MR) is 113 cm³/mol. The number of fused-ring (bicyclic) bond motifs is 2. The van der Waals surface area contributed by atoms with E-state index in [-0.39, 0.29) is 18.1 Å². The van der Waals surface area contributed by atoms with Gasteiger partial charge in [0.1, 0.15) is 12.4 Å². The van der Waals surface area contributed by atoms with Crippen LogP contribution in [0.2, 0.25) is 0 Å². The highest BCUT2D eigenvalue weighted by molar-refractivity contribution is 5.93. The zero-order valence-electron chi connectivity index (χ0n) is 16.6. The summed E-state index contributed by atoms with van der Waals surface area (Å²) in [6.45, 7) is 2.46. The first kappa shape index (κ1) is 17.7. The monoisotopic (exact) mass is 389 g/mol. The van der Waals surface area contributed by atoms with Crippen LogP contribution in [0.3, 0.4) is 0 Å². The number of carbonyl (C=O) groups excluding carboxylic acids is 1. The lowest BCUT2D eigenvalue weighted by Gasteiger charge is -2.07. The number of rotatable bonds is 5. The fraction of sp³-hybridized carbons (Fsp3) is 0.318. The molecule has 1 aliphatic rings. The van der Waals surface area contributed by atoms with E-state index in [1.165, 1.54) is 17.4 Å². The van der Waals surface area contributed by atoms with Gasteiger partial charge in [-0.1, -0.05) is 12.1 Å². The largest absolute Gasteiger partial charge is 0.331 e. The van der Waals surface area contributed by atoms with E-state index in [2.05, 4.69) is 9.88 Å². The molecule has 1 amide bonds. The lowest BCUT2D eigenvalue weighted by Crippen LogP contribution is -2.29. The Morgan fingerprint density at radius 3 is 2.52 bits per heavy atom. The van der Waals surface area contributed by atoms with Gasteiger partial charge in [-0.15, -0.1) is 0 Å². The van der Waals surface area contributed by atoms with Crippen LogP contribution in [-0.4, -0.2) is 24.6 Å². The number of hydrogen-bond acceptors (Lipinski definition) is 3. The molecule has 1 saturated carbocycles. The summed E-state index contributed by atoms with van der Waals surface area (Å²) in [7, 11) is 2.04. The highest BCUT2D eigenvalue weighted by Crippen LogP contribution is 2.40. The number of aryl methyl sites for hydroxylation is 2. The highest BCUT2D eigenvalue weighted by atomic mass is 16.2. The lowest BCUT2D eigenvalue weighted by molar-refractivity contribution is -0.116. The molecule has 1 aliphatic carbocycles. The van der Waals surface area contributed by atoms with Gasteiger partial charge in [0.2, 0.25) is 5.91 Å². The molecule has 29 heavy (non-hydrogen) atoms. The van der Waals surface area contributed by atoms with Crippen LogP contribution in [0.5, 0.6) is 0 Å². The third kappa shape index (κ3) is 2.93. The molecule has 2 heterocycles. The average Bonchev–Trinajstić information content (AvgIpc) is 3.46. The molecule has 5 rings (SSSR count). The topological polar surface area (TPSA) is 73.8 Å². The Hall–Kier alpha value is -3.35. The molecule has 7 heteroatoms. The van der Waals surface area contributed by atoms with Gasteiger partial charge in [0, 0.05) is 25.2 Å². The molecule has 0 saturated heterocycles. The first-order chi connectivity index (χ1) is 14.1. The van der Waals surface area contributed by atoms with Crippen LogP contribution in [0, 0.1) is 0 Å². The van der Waals surface area contributed by atoms with Gasteiger partial charge in [0.25, 0.3) is 0 Å². The number of benzene rings is 2. The molecule has 7 nitrogen and oxygen atoms in total. The fourth-order valence-electron chi connectivity index (χ4n) is 4.08. The minimum absolute atomic E-state index is 0.0279. The second-order valence-corrected chi connectivity index (χ2v) is 7.66. The minimum Gasteiger partial charge on any atom is -0.331 e. The lowest BCUT2D eigenvalue weighted by atomic mass is 10.2. The van der Waals surface area contributed by atoms with Gasteiger partial charge < -0.3 is 9.88 Å². The number of hydrogen-bond donors (Lipinski definition) is 1. The van der Waals surface area contributed by atoms with Crippen molar-refractivity contribution < 1.29 is 4.79 Å². The number of carbonyl (C=O) groups is 1. The predicted octanol–water partition coefficient (Wildman–Crippen LogP) is 3.23. The van der Waals surface area contributed by atoms with E-state index >= 15 is 0 Å². The summed E-state index contributed by atoms with van der Waals surface area (Å²) in [5, 5.41) is 2.92. The van der Waals surface area contributed by atoms with Crippen LogP contribution in [0.4, 0.5) is 5.69 Å². The Balaban J connectivity index is 1.42. The molecule has 0 aliphatic heterocycles. The molecule has 0 spiro atoms. The van der Waals surface area contributed by atoms with Crippen molar-refractivity contribution in [3.05, 3.63) is 58.8 Å². The number of aromatic nitrogens is 4. The smallest absolute Gasteiger partial charge is 0.329 e. The van der Waals surface area contributed by atoms with Crippen molar-refractivity contribution in [2.24, 2.45) is 7.05 Å². The number of imidazole rings is 2. The Morgan fingerprint density at radius 1 is 1.10 bits per heavy atom. The van der Waals surface area contributed by atoms with Crippen LogP contribution in [0.1, 0.15) is 31.5 Å². The van der Waals surface area contributed by atoms with Crippen molar-refractivity contribution in [2.45, 2.75) is 38.8 Å². The quantitative estimate of drug-likeness (QED) is 0.570. The Labute approximate surface area is 167 Å². The SMILES string of the molecule is CCn1c(=O)n(CC(=O)Nc2ccc3c(c2)nc(C2CC2)n3C)c2ccccc21. The van der Waals surface area contributed by atoms with Crippen molar-refractivity contribution in [3.63, 3.8) is 0 Å². The first-order valence-electron chi connectivity index (χ1n) is 10.0. The molecule has 0 radical (unpaired) electrons. The molecule has 4 aromatic rings. The molecule has 0 unspecified atom stereocenters. The maximum Gasteiger partial charge on any atom is 0.329 e. The Morgan fingerprint density at radius 2 is 1.83 bits per heavy atom. The molecule has 2 aromatic heterocycles. The summed E-state index contributed by atoms with van der Waals surface area (Å²) in [5.74, 6) is 1.44. The molecule has 0 bridgehead atoms. The van der Waals surface area contributed by atoms with Crippen LogP contribution in [0.15, 0.2) is 47.3 Å². The van der Waals surface area contributed by atoms with Gasteiger partial charge in [0.15, 0.2) is 0 Å². The van der Waals surface area contributed by atoms with Crippen LogP contribution >= 0.6 is 0 Å². The van der Waals surface area contributed by atoms with Gasteiger partial charge >= 0.3 is 5.69 Å². The summed E-state index contributed by atoms with van der Waals surface area (Å²) >= 11 is 0. The zero-order valence-corrected chi connectivity index (χ0v) is 16.6. The summed E-state index contributed by atoms with van der Waals surface area (Å²) < 4.78 is 5.35. The van der Waals surface area contributed by atoms with Crippen molar-refractivity contribution in [1.29, 1.82) is 0 Å². The second-order valence-electron chi connectivity index (χ2n) is 7.66. The maximum absolute atomic E-state index is 12.7. The molecule has 1 N–H and O–H groups in total. The summed E-state index contributed by atoms with van der Waals surface area (Å²) in [5.41, 5.74) is 4.08. The first-order valence-corrected chi connectivity index (χ1v) is 10.0. The molecule has 0 atom stereocenters. The minimum atomic E-state index is -0.233. The molecule has 148 valence electrons. The number of amides is 1. The molecular formula is C22H23N5O2. The summed E-state index contributed by atoms with van der Waals surface area (Å²) in [4.78, 5) is 30.2. The number of nitrogens with one attached hydrogen (secondary N) is 1. The van der Waals surface area contributed by atoms with Crippen LogP contribution in [0.25, 0.3) is 22.1 Å². The van der Waals surface area contributed by atoms with E-state index in [9.17, 15) is 9.59 Å². The number of anilines is 1. The van der Waals surface area contributed by atoms with E-state index < -0.39 is 0 Å². The standard InChI is InChI=1S/C22H23N5O2/c1-3-26-18-6-4-5-7-19(18)27(22(26)29)13-20(28)23-15-10-11-17-16(12-15)24-21(25(17)2)14-8-9-14/h4-7,10-12,14H,3,8-9,13H2,1-2H3,(H,23,28). The molecule has 1 fully saturated rings. The van der Waals surface area contributed by atoms with E-state index in [4.69, 9.17) is 4.98 Å². The third-order valence-corrected chi connectivity index (χ3v) is 5.68. The second kappa shape index (κ2) is 6.62. The summed E-state index contributed by atoms with van der Waals surface area (Å²) in [6, 6.07) is 13.3. The zero-order chi connectivity index (χ0) is 20.1. The summed E-state index contributed by atoms with van der Waals surface area (Å²) in [6.07, 6.45) is 2.39. The van der Waals surface area contributed by atoms with Crippen molar-refractivity contribution >= 4 is 33.7 Å². The van der Waals surface area contributed by atoms with E-state index in [0.717, 1.165) is 27.9 Å². The van der Waals surface area contributed by atoms with Crippen molar-refractivity contribution in [2.75, 3.05) is 5.32 Å². The van der Waals surface area contributed by atoms with Crippen molar-refractivity contribution in [1.82, 2.24) is 18.7 Å². The van der Waals surface area contributed by atoms with E-state index in [0.29, 0.717) is 18.2 Å². The molecular weight excluding hydrogens is 366 g/mol. The normalized spacial score (nSPS) is 14.0. The van der Waals surface area contributed by atoms with Gasteiger partial charge in [0.05, 0.1) is 22.1 Å². The van der Waals surface area contributed by atoms with Gasteiger partial charge in [-0.3, -0.25) is 13.9 Å². The number of para-hydroxylation sites is 2. The van der Waals surface area contributed by atoms with Gasteiger partial charge in [-0.2, -0.15) is 0 Å². The van der Waals surface area contributed by atoms with Gasteiger partial charge in [-0.05, 0) is 50.1 Å². The third-order valence-electron chi connectivity index (χ3n) is 5.68. The van der Waals surface area contributed by atoms with E-state index in [1.54, 1.807) is 4.57 Å².